The Balaban J connectivity index is 1.20. The number of nitrogens with one attached hydrogen (secondary N) is 2. The summed E-state index contributed by atoms with van der Waals surface area (Å²) in [5.74, 6) is 0.0427. The van der Waals surface area contributed by atoms with E-state index in [0.29, 0.717) is 48.0 Å². The fourth-order valence-corrected chi connectivity index (χ4v) is 5.34. The predicted octanol–water partition coefficient (Wildman–Crippen LogP) is 4.67. The average Bonchev–Trinajstić information content (AvgIpc) is 3.36. The van der Waals surface area contributed by atoms with E-state index in [1.165, 1.54) is 7.11 Å². The Morgan fingerprint density at radius 1 is 0.950 bits per heavy atom. The molecule has 1 aliphatic rings. The number of anilines is 1. The minimum absolute atomic E-state index is 0.235. The Morgan fingerprint density at radius 3 is 2.35 bits per heavy atom. The van der Waals surface area contributed by atoms with E-state index >= 15 is 0 Å². The number of fused-ring (bicyclic) bond motifs is 2. The molecule has 0 spiro atoms. The maximum Gasteiger partial charge on any atom is 0.409 e. The molecular formula is C30H28N6O4. The Hall–Kier alpha value is -4.99. The second-order valence-corrected chi connectivity index (χ2v) is 9.93. The summed E-state index contributed by atoms with van der Waals surface area (Å²) in [4.78, 5) is 39.0. The van der Waals surface area contributed by atoms with Crippen LogP contribution < -0.4 is 10.9 Å². The number of methoxy groups -OCH3 is 1. The molecule has 202 valence electrons. The fourth-order valence-electron chi connectivity index (χ4n) is 5.34. The van der Waals surface area contributed by atoms with E-state index < -0.39 is 0 Å². The van der Waals surface area contributed by atoms with Crippen molar-refractivity contribution in [2.24, 2.45) is 5.92 Å². The number of para-hydroxylation sites is 1. The second kappa shape index (κ2) is 10.6. The summed E-state index contributed by atoms with van der Waals surface area (Å²) < 4.78 is 6.74. The van der Waals surface area contributed by atoms with E-state index in [1.807, 2.05) is 71.4 Å². The lowest BCUT2D eigenvalue weighted by molar-refractivity contribution is 0.101. The standard InChI is InChI=1S/C30H28N6O4/c1-40-30(39)35-16-14-19(15-17-35)18-36-25-9-5-4-8-24(25)27(34-36)29(38)31-21-12-10-20(11-13-21)26-22-6-2-3-7-23(22)28(37)33-32-26/h2-13,19H,14-18H2,1H3,(H,31,38)(H,33,37). The van der Waals surface area contributed by atoms with Crippen molar-refractivity contribution in [3.05, 3.63) is 88.8 Å². The van der Waals surface area contributed by atoms with Gasteiger partial charge in [0.25, 0.3) is 11.5 Å². The molecule has 1 aliphatic heterocycles. The number of hydrogen-bond acceptors (Lipinski definition) is 6. The zero-order chi connectivity index (χ0) is 27.6. The average molecular weight is 537 g/mol. The molecule has 2 N–H and O–H groups in total. The quantitative estimate of drug-likeness (QED) is 0.337. The predicted molar refractivity (Wildman–Crippen MR) is 152 cm³/mol. The molecule has 0 unspecified atom stereocenters. The smallest absolute Gasteiger partial charge is 0.409 e. The van der Waals surface area contributed by atoms with Gasteiger partial charge in [0.2, 0.25) is 0 Å². The monoisotopic (exact) mass is 536 g/mol. The Labute approximate surface area is 229 Å². The van der Waals surface area contributed by atoms with E-state index in [2.05, 4.69) is 15.5 Å². The maximum absolute atomic E-state index is 13.4. The number of piperidine rings is 1. The first-order valence-corrected chi connectivity index (χ1v) is 13.2. The highest BCUT2D eigenvalue weighted by Gasteiger charge is 2.25. The lowest BCUT2D eigenvalue weighted by Gasteiger charge is -2.30. The summed E-state index contributed by atoms with van der Waals surface area (Å²) in [6.07, 6.45) is 1.39. The Bertz CT molecular complexity index is 1770. The summed E-state index contributed by atoms with van der Waals surface area (Å²) in [7, 11) is 1.40. The number of ether oxygens (including phenoxy) is 1. The summed E-state index contributed by atoms with van der Waals surface area (Å²) in [5, 5.41) is 16.6. The van der Waals surface area contributed by atoms with Crippen LogP contribution in [0.4, 0.5) is 10.5 Å². The fraction of sp³-hybridized carbons (Fsp3) is 0.233. The number of nitrogens with zero attached hydrogens (tertiary/aromatic N) is 4. The Kier molecular flexibility index (Phi) is 6.73. The molecule has 3 heterocycles. The number of hydrogen-bond donors (Lipinski definition) is 2. The topological polar surface area (TPSA) is 122 Å². The molecule has 3 aromatic carbocycles. The highest BCUT2D eigenvalue weighted by molar-refractivity contribution is 6.11. The molecule has 10 heteroatoms. The van der Waals surface area contributed by atoms with Gasteiger partial charge in [0, 0.05) is 41.7 Å². The molecule has 0 atom stereocenters. The zero-order valence-corrected chi connectivity index (χ0v) is 22.0. The van der Waals surface area contributed by atoms with E-state index in [9.17, 15) is 14.4 Å². The first-order valence-electron chi connectivity index (χ1n) is 13.2. The minimum atomic E-state index is -0.296. The van der Waals surface area contributed by atoms with Crippen LogP contribution >= 0.6 is 0 Å². The van der Waals surface area contributed by atoms with Gasteiger partial charge < -0.3 is 15.0 Å². The number of carbonyl (C=O) groups excluding carboxylic acids is 2. The van der Waals surface area contributed by atoms with Crippen molar-refractivity contribution >= 4 is 39.4 Å². The van der Waals surface area contributed by atoms with Crippen LogP contribution in [0.1, 0.15) is 23.3 Å². The third-order valence-corrected chi connectivity index (χ3v) is 7.46. The first-order chi connectivity index (χ1) is 19.5. The molecule has 0 bridgehead atoms. The number of benzene rings is 3. The highest BCUT2D eigenvalue weighted by atomic mass is 16.5. The zero-order valence-electron chi connectivity index (χ0n) is 22.0. The van der Waals surface area contributed by atoms with Gasteiger partial charge in [-0.25, -0.2) is 9.89 Å². The lowest BCUT2D eigenvalue weighted by atomic mass is 9.97. The van der Waals surface area contributed by atoms with Gasteiger partial charge in [0.05, 0.1) is 23.7 Å². The van der Waals surface area contributed by atoms with Crippen LogP contribution in [0.25, 0.3) is 32.9 Å². The normalized spacial score (nSPS) is 14.0. The molecule has 40 heavy (non-hydrogen) atoms. The number of H-pyrrole nitrogens is 1. The van der Waals surface area contributed by atoms with Crippen LogP contribution in [0.5, 0.6) is 0 Å². The first kappa shape index (κ1) is 25.3. The molecule has 2 amide bonds. The van der Waals surface area contributed by atoms with Crippen LogP contribution in [0.15, 0.2) is 77.6 Å². The van der Waals surface area contributed by atoms with Gasteiger partial charge in [0.15, 0.2) is 5.69 Å². The molecule has 1 saturated heterocycles. The molecule has 0 saturated carbocycles. The van der Waals surface area contributed by atoms with Crippen molar-refractivity contribution in [2.75, 3.05) is 25.5 Å². The molecular weight excluding hydrogens is 508 g/mol. The van der Waals surface area contributed by atoms with Crippen LogP contribution in [-0.2, 0) is 11.3 Å². The highest BCUT2D eigenvalue weighted by Crippen LogP contribution is 2.27. The number of amides is 2. The van der Waals surface area contributed by atoms with E-state index in [1.54, 1.807) is 11.0 Å². The SMILES string of the molecule is COC(=O)N1CCC(Cn2nc(C(=O)Nc3ccc(-c4n[nH]c(=O)c5ccccc45)cc3)c3ccccc32)CC1. The van der Waals surface area contributed by atoms with Gasteiger partial charge in [0.1, 0.15) is 0 Å². The van der Waals surface area contributed by atoms with Crippen molar-refractivity contribution < 1.29 is 14.3 Å². The van der Waals surface area contributed by atoms with Crippen molar-refractivity contribution in [3.63, 3.8) is 0 Å². The van der Waals surface area contributed by atoms with Crippen LogP contribution in [0, 0.1) is 5.92 Å². The van der Waals surface area contributed by atoms with Gasteiger partial charge in [-0.3, -0.25) is 14.3 Å². The molecule has 10 nitrogen and oxygen atoms in total. The molecule has 6 rings (SSSR count). The molecule has 0 aliphatic carbocycles. The van der Waals surface area contributed by atoms with Crippen molar-refractivity contribution in [1.29, 1.82) is 0 Å². The van der Waals surface area contributed by atoms with Gasteiger partial charge in [-0.05, 0) is 43.0 Å². The molecule has 5 aromatic rings. The van der Waals surface area contributed by atoms with Crippen LogP contribution in [-0.4, -0.2) is 57.1 Å². The van der Waals surface area contributed by atoms with Crippen LogP contribution in [0.2, 0.25) is 0 Å². The number of likely N-dealkylation sites (tertiary alicyclic amines) is 1. The third-order valence-electron chi connectivity index (χ3n) is 7.46. The van der Waals surface area contributed by atoms with Crippen molar-refractivity contribution in [2.45, 2.75) is 19.4 Å². The molecule has 1 fully saturated rings. The van der Waals surface area contributed by atoms with E-state index in [4.69, 9.17) is 9.84 Å². The van der Waals surface area contributed by atoms with Gasteiger partial charge in [-0.1, -0.05) is 48.5 Å². The van der Waals surface area contributed by atoms with Crippen molar-refractivity contribution in [3.8, 4) is 11.3 Å². The van der Waals surface area contributed by atoms with Crippen LogP contribution in [0.3, 0.4) is 0 Å². The van der Waals surface area contributed by atoms with Gasteiger partial charge in [-0.2, -0.15) is 10.2 Å². The largest absolute Gasteiger partial charge is 0.453 e. The minimum Gasteiger partial charge on any atom is -0.453 e. The lowest BCUT2D eigenvalue weighted by Crippen LogP contribution is -2.39. The van der Waals surface area contributed by atoms with Gasteiger partial charge >= 0.3 is 6.09 Å². The number of rotatable bonds is 5. The maximum atomic E-state index is 13.4. The third kappa shape index (κ3) is 4.79. The van der Waals surface area contributed by atoms with E-state index in [0.717, 1.165) is 34.7 Å². The number of aromatic amines is 1. The summed E-state index contributed by atoms with van der Waals surface area (Å²) in [5.41, 5.74) is 3.13. The second-order valence-electron chi connectivity index (χ2n) is 9.93. The van der Waals surface area contributed by atoms with Crippen molar-refractivity contribution in [1.82, 2.24) is 24.9 Å². The summed E-state index contributed by atoms with van der Waals surface area (Å²) in [6.45, 7) is 1.95. The van der Waals surface area contributed by atoms with E-state index in [-0.39, 0.29) is 17.6 Å². The molecule has 0 radical (unpaired) electrons. The van der Waals surface area contributed by atoms with Gasteiger partial charge in [-0.15, -0.1) is 0 Å². The number of aromatic nitrogens is 4. The Morgan fingerprint density at radius 2 is 1.62 bits per heavy atom. The summed E-state index contributed by atoms with van der Waals surface area (Å²) >= 11 is 0. The summed E-state index contributed by atoms with van der Waals surface area (Å²) in [6, 6.07) is 22.4. The number of carbonyl (C=O) groups is 2. The molecule has 2 aromatic heterocycles.